The predicted octanol–water partition coefficient (Wildman–Crippen LogP) is 1.85. The van der Waals surface area contributed by atoms with Crippen molar-refractivity contribution in [1.29, 1.82) is 0 Å². The molecule has 102 valence electrons. The first-order valence-corrected chi connectivity index (χ1v) is 6.96. The number of rotatable bonds is 3. The number of benzene rings is 1. The topological polar surface area (TPSA) is 66.8 Å². The van der Waals surface area contributed by atoms with Gasteiger partial charge in [0.1, 0.15) is 5.75 Å². The lowest BCUT2D eigenvalue weighted by molar-refractivity contribution is -0.141. The van der Waals surface area contributed by atoms with Gasteiger partial charge in [0.15, 0.2) is 0 Å². The Labute approximate surface area is 124 Å². The molecular formula is C13H14INO4. The van der Waals surface area contributed by atoms with Crippen LogP contribution in [0.25, 0.3) is 0 Å². The van der Waals surface area contributed by atoms with E-state index in [1.807, 2.05) is 0 Å². The van der Waals surface area contributed by atoms with Gasteiger partial charge in [-0.05, 0) is 47.2 Å². The Morgan fingerprint density at radius 3 is 2.74 bits per heavy atom. The van der Waals surface area contributed by atoms with Gasteiger partial charge in [-0.1, -0.05) is 0 Å². The van der Waals surface area contributed by atoms with E-state index in [1.54, 1.807) is 30.2 Å². The second kappa shape index (κ2) is 5.77. The van der Waals surface area contributed by atoms with Crippen molar-refractivity contribution in [3.63, 3.8) is 0 Å². The Bertz CT molecular complexity index is 517. The van der Waals surface area contributed by atoms with Crippen molar-refractivity contribution in [2.75, 3.05) is 20.2 Å². The minimum Gasteiger partial charge on any atom is -0.497 e. The third-order valence-corrected chi connectivity index (χ3v) is 4.12. The van der Waals surface area contributed by atoms with Crippen LogP contribution < -0.4 is 4.74 Å². The highest BCUT2D eigenvalue weighted by molar-refractivity contribution is 14.1. The van der Waals surface area contributed by atoms with Crippen LogP contribution in [0.1, 0.15) is 16.8 Å². The van der Waals surface area contributed by atoms with Crippen molar-refractivity contribution >= 4 is 34.5 Å². The zero-order chi connectivity index (χ0) is 14.0. The fraction of sp³-hybridized carbons (Fsp3) is 0.385. The SMILES string of the molecule is COc1ccc(C(=O)N2CCC(C(=O)O)C2)c(I)c1. The normalized spacial score (nSPS) is 18.4. The third kappa shape index (κ3) is 2.99. The van der Waals surface area contributed by atoms with E-state index in [0.717, 1.165) is 3.57 Å². The summed E-state index contributed by atoms with van der Waals surface area (Å²) < 4.78 is 5.90. The largest absolute Gasteiger partial charge is 0.497 e. The molecular weight excluding hydrogens is 361 g/mol. The number of carbonyl (C=O) groups excluding carboxylic acids is 1. The second-order valence-electron chi connectivity index (χ2n) is 4.42. The zero-order valence-corrected chi connectivity index (χ0v) is 12.6. The van der Waals surface area contributed by atoms with Gasteiger partial charge in [0.2, 0.25) is 0 Å². The molecule has 1 aromatic carbocycles. The highest BCUT2D eigenvalue weighted by Crippen LogP contribution is 2.24. The first-order chi connectivity index (χ1) is 9.02. The summed E-state index contributed by atoms with van der Waals surface area (Å²) in [6, 6.07) is 5.25. The maximum absolute atomic E-state index is 12.3. The Hall–Kier alpha value is -1.31. The number of halogens is 1. The molecule has 1 atom stereocenters. The number of carbonyl (C=O) groups is 2. The summed E-state index contributed by atoms with van der Waals surface area (Å²) in [5, 5.41) is 8.95. The molecule has 1 amide bonds. The Balaban J connectivity index is 2.14. The average molecular weight is 375 g/mol. The first-order valence-electron chi connectivity index (χ1n) is 5.88. The molecule has 1 fully saturated rings. The maximum Gasteiger partial charge on any atom is 0.308 e. The molecule has 1 heterocycles. The van der Waals surface area contributed by atoms with Crippen molar-refractivity contribution in [2.45, 2.75) is 6.42 Å². The van der Waals surface area contributed by atoms with Crippen molar-refractivity contribution in [3.8, 4) is 5.75 Å². The van der Waals surface area contributed by atoms with Crippen molar-refractivity contribution in [1.82, 2.24) is 4.90 Å². The molecule has 0 radical (unpaired) electrons. The smallest absolute Gasteiger partial charge is 0.308 e. The molecule has 1 aromatic rings. The van der Waals surface area contributed by atoms with E-state index in [-0.39, 0.29) is 12.5 Å². The van der Waals surface area contributed by atoms with Crippen LogP contribution >= 0.6 is 22.6 Å². The number of ether oxygens (including phenoxy) is 1. The Morgan fingerprint density at radius 2 is 2.21 bits per heavy atom. The van der Waals surface area contributed by atoms with E-state index in [2.05, 4.69) is 22.6 Å². The minimum absolute atomic E-state index is 0.115. The number of hydrogen-bond donors (Lipinski definition) is 1. The lowest BCUT2D eigenvalue weighted by Gasteiger charge is -2.17. The molecule has 0 aliphatic carbocycles. The number of aliphatic carboxylic acids is 1. The minimum atomic E-state index is -0.834. The molecule has 1 N–H and O–H groups in total. The number of methoxy groups -OCH3 is 1. The van der Waals surface area contributed by atoms with Crippen LogP contribution in [0.4, 0.5) is 0 Å². The lowest BCUT2D eigenvalue weighted by Crippen LogP contribution is -2.30. The zero-order valence-electron chi connectivity index (χ0n) is 10.4. The van der Waals surface area contributed by atoms with E-state index in [1.165, 1.54) is 0 Å². The second-order valence-corrected chi connectivity index (χ2v) is 5.58. The predicted molar refractivity (Wildman–Crippen MR) is 77.4 cm³/mol. The van der Waals surface area contributed by atoms with Crippen molar-refractivity contribution in [2.24, 2.45) is 5.92 Å². The lowest BCUT2D eigenvalue weighted by atomic mass is 10.1. The van der Waals surface area contributed by atoms with E-state index in [4.69, 9.17) is 9.84 Å². The van der Waals surface area contributed by atoms with Crippen LogP contribution in [0.15, 0.2) is 18.2 Å². The highest BCUT2D eigenvalue weighted by atomic mass is 127. The van der Waals surface area contributed by atoms with Gasteiger partial charge < -0.3 is 14.7 Å². The molecule has 2 rings (SSSR count). The van der Waals surface area contributed by atoms with Gasteiger partial charge in [-0.2, -0.15) is 0 Å². The molecule has 0 aromatic heterocycles. The van der Waals surface area contributed by atoms with Crippen LogP contribution in [0.5, 0.6) is 5.75 Å². The molecule has 5 nitrogen and oxygen atoms in total. The summed E-state index contributed by atoms with van der Waals surface area (Å²) >= 11 is 2.09. The monoisotopic (exact) mass is 375 g/mol. The standard InChI is InChI=1S/C13H14INO4/c1-19-9-2-3-10(11(14)6-9)12(16)15-5-4-8(7-15)13(17)18/h2-3,6,8H,4-5,7H2,1H3,(H,17,18). The van der Waals surface area contributed by atoms with Crippen molar-refractivity contribution in [3.05, 3.63) is 27.3 Å². The quantitative estimate of drug-likeness (QED) is 0.819. The number of carboxylic acid groups (broad SMARTS) is 1. The van der Waals surface area contributed by atoms with Crippen molar-refractivity contribution < 1.29 is 19.4 Å². The highest BCUT2D eigenvalue weighted by Gasteiger charge is 2.31. The van der Waals surface area contributed by atoms with E-state index in [0.29, 0.717) is 24.3 Å². The fourth-order valence-corrected chi connectivity index (χ4v) is 2.83. The van der Waals surface area contributed by atoms with Gasteiger partial charge in [0.05, 0.1) is 18.6 Å². The molecule has 1 unspecified atom stereocenters. The average Bonchev–Trinajstić information content (AvgIpc) is 2.87. The van der Waals surface area contributed by atoms with Crippen LogP contribution in [0.3, 0.4) is 0 Å². The van der Waals surface area contributed by atoms with Gasteiger partial charge in [0, 0.05) is 16.7 Å². The molecule has 0 saturated carbocycles. The Morgan fingerprint density at radius 1 is 1.47 bits per heavy atom. The van der Waals surface area contributed by atoms with Crippen LogP contribution in [0, 0.1) is 9.49 Å². The van der Waals surface area contributed by atoms with Gasteiger partial charge in [-0.15, -0.1) is 0 Å². The Kier molecular flexibility index (Phi) is 4.28. The van der Waals surface area contributed by atoms with Gasteiger partial charge in [-0.25, -0.2) is 0 Å². The molecule has 0 spiro atoms. The summed E-state index contributed by atoms with van der Waals surface area (Å²) in [7, 11) is 1.57. The summed E-state index contributed by atoms with van der Waals surface area (Å²) in [4.78, 5) is 24.8. The van der Waals surface area contributed by atoms with Crippen LogP contribution in [-0.4, -0.2) is 42.1 Å². The number of carboxylic acids is 1. The number of amides is 1. The van der Waals surface area contributed by atoms with Gasteiger partial charge in [-0.3, -0.25) is 9.59 Å². The number of likely N-dealkylation sites (tertiary alicyclic amines) is 1. The third-order valence-electron chi connectivity index (χ3n) is 3.23. The summed E-state index contributed by atoms with van der Waals surface area (Å²) in [5.74, 6) is -0.693. The van der Waals surface area contributed by atoms with Crippen LogP contribution in [-0.2, 0) is 4.79 Å². The summed E-state index contributed by atoms with van der Waals surface area (Å²) in [6.07, 6.45) is 0.522. The maximum atomic E-state index is 12.3. The molecule has 6 heteroatoms. The number of nitrogens with zero attached hydrogens (tertiary/aromatic N) is 1. The van der Waals surface area contributed by atoms with E-state index in [9.17, 15) is 9.59 Å². The number of hydrogen-bond acceptors (Lipinski definition) is 3. The van der Waals surface area contributed by atoms with E-state index >= 15 is 0 Å². The summed E-state index contributed by atoms with van der Waals surface area (Å²) in [5.41, 5.74) is 0.590. The molecule has 1 saturated heterocycles. The first kappa shape index (κ1) is 14.1. The summed E-state index contributed by atoms with van der Waals surface area (Å²) in [6.45, 7) is 0.786. The van der Waals surface area contributed by atoms with E-state index < -0.39 is 11.9 Å². The van der Waals surface area contributed by atoms with Crippen LogP contribution in [0.2, 0.25) is 0 Å². The fourth-order valence-electron chi connectivity index (χ4n) is 2.11. The van der Waals surface area contributed by atoms with Gasteiger partial charge >= 0.3 is 5.97 Å². The molecule has 1 aliphatic heterocycles. The van der Waals surface area contributed by atoms with Gasteiger partial charge in [0.25, 0.3) is 5.91 Å². The molecule has 1 aliphatic rings. The molecule has 19 heavy (non-hydrogen) atoms. The molecule has 0 bridgehead atoms.